The number of aromatic nitrogens is 3. The summed E-state index contributed by atoms with van der Waals surface area (Å²) in [5, 5.41) is 12.7. The fourth-order valence-corrected chi connectivity index (χ4v) is 6.36. The van der Waals surface area contributed by atoms with Crippen LogP contribution in [0.3, 0.4) is 0 Å². The average molecular weight is 574 g/mol. The van der Waals surface area contributed by atoms with E-state index in [1.165, 1.54) is 24.4 Å². The van der Waals surface area contributed by atoms with Gasteiger partial charge in [0, 0.05) is 50.4 Å². The van der Waals surface area contributed by atoms with Crippen molar-refractivity contribution in [1.82, 2.24) is 25.2 Å². The average Bonchev–Trinajstić information content (AvgIpc) is 3.47. The van der Waals surface area contributed by atoms with Crippen molar-refractivity contribution in [3.05, 3.63) is 41.8 Å². The van der Waals surface area contributed by atoms with E-state index in [2.05, 4.69) is 31.2 Å². The second kappa shape index (κ2) is 10.6. The van der Waals surface area contributed by atoms with E-state index < -0.39 is 40.5 Å². The fraction of sp³-hybridized carbons (Fsp3) is 0.500. The van der Waals surface area contributed by atoms with Crippen LogP contribution in [0.2, 0.25) is 0 Å². The summed E-state index contributed by atoms with van der Waals surface area (Å²) >= 11 is 0. The number of alkyl halides is 4. The number of hydrogen-bond acceptors (Lipinski definition) is 8. The van der Waals surface area contributed by atoms with Crippen LogP contribution in [0.4, 0.5) is 27.8 Å². The van der Waals surface area contributed by atoms with Gasteiger partial charge in [-0.05, 0) is 25.5 Å². The Hall–Kier alpha value is -3.63. The number of halogens is 5. The van der Waals surface area contributed by atoms with Crippen molar-refractivity contribution >= 4 is 16.7 Å². The van der Waals surface area contributed by atoms with Gasteiger partial charge in [-0.25, -0.2) is 8.78 Å². The molecule has 6 rings (SSSR count). The van der Waals surface area contributed by atoms with Gasteiger partial charge in [-0.2, -0.15) is 28.4 Å². The van der Waals surface area contributed by atoms with Gasteiger partial charge in [-0.1, -0.05) is 18.2 Å². The van der Waals surface area contributed by atoms with Crippen LogP contribution in [0.15, 0.2) is 30.5 Å². The highest BCUT2D eigenvalue weighted by molar-refractivity contribution is 5.92. The maximum atomic E-state index is 16.1. The Morgan fingerprint density at radius 2 is 2.00 bits per heavy atom. The van der Waals surface area contributed by atoms with E-state index in [-0.39, 0.29) is 36.0 Å². The van der Waals surface area contributed by atoms with Crippen LogP contribution in [0.25, 0.3) is 22.2 Å². The SMILES string of the molecule is N#CCC1CN(c2nc(OC[C@@]34CCCN3CC(F)C4)nc3c(F)c(-c4ccccc4C(F)(F)F)ncc23)CCN1. The number of nitriles is 1. The number of hydrogen-bond donors (Lipinski definition) is 1. The molecule has 1 N–H and O–H groups in total. The smallest absolute Gasteiger partial charge is 0.417 e. The molecule has 3 aromatic rings. The molecule has 8 nitrogen and oxygen atoms in total. The molecule has 0 amide bonds. The van der Waals surface area contributed by atoms with Gasteiger partial charge in [-0.3, -0.25) is 9.88 Å². The summed E-state index contributed by atoms with van der Waals surface area (Å²) in [5.41, 5.74) is -2.63. The molecule has 13 heteroatoms. The Balaban J connectivity index is 1.44. The monoisotopic (exact) mass is 573 g/mol. The first kappa shape index (κ1) is 27.5. The molecule has 2 unspecified atom stereocenters. The summed E-state index contributed by atoms with van der Waals surface area (Å²) in [6, 6.07) is 6.50. The topological polar surface area (TPSA) is 90.2 Å². The van der Waals surface area contributed by atoms with Crippen LogP contribution in [-0.2, 0) is 6.18 Å². The van der Waals surface area contributed by atoms with Crippen molar-refractivity contribution < 1.29 is 26.7 Å². The molecule has 1 aromatic carbocycles. The molecule has 5 heterocycles. The maximum Gasteiger partial charge on any atom is 0.417 e. The predicted octanol–water partition coefficient (Wildman–Crippen LogP) is 4.50. The highest BCUT2D eigenvalue weighted by atomic mass is 19.4. The number of pyridine rings is 1. The summed E-state index contributed by atoms with van der Waals surface area (Å²) in [6.45, 7) is 2.60. The van der Waals surface area contributed by atoms with Crippen LogP contribution in [0.1, 0.15) is 31.2 Å². The molecule has 3 atom stereocenters. The maximum absolute atomic E-state index is 16.1. The summed E-state index contributed by atoms with van der Waals surface area (Å²) in [4.78, 5) is 17.0. The molecule has 0 spiro atoms. The van der Waals surface area contributed by atoms with Crippen molar-refractivity contribution in [2.45, 2.75) is 49.6 Å². The first-order valence-corrected chi connectivity index (χ1v) is 13.6. The molecule has 0 aliphatic carbocycles. The molecule has 3 fully saturated rings. The first-order chi connectivity index (χ1) is 19.7. The van der Waals surface area contributed by atoms with Gasteiger partial charge in [0.15, 0.2) is 5.82 Å². The van der Waals surface area contributed by atoms with Gasteiger partial charge < -0.3 is 15.0 Å². The normalized spacial score (nSPS) is 24.9. The summed E-state index contributed by atoms with van der Waals surface area (Å²) in [6.07, 6.45) is -2.19. The Bertz CT molecular complexity index is 1500. The van der Waals surface area contributed by atoms with Gasteiger partial charge in [0.25, 0.3) is 0 Å². The minimum Gasteiger partial charge on any atom is -0.461 e. The number of nitrogens with zero attached hydrogens (tertiary/aromatic N) is 6. The number of ether oxygens (including phenoxy) is 1. The molecule has 216 valence electrons. The number of nitrogens with one attached hydrogen (secondary N) is 1. The van der Waals surface area contributed by atoms with E-state index in [0.717, 1.165) is 25.5 Å². The fourth-order valence-electron chi connectivity index (χ4n) is 6.36. The lowest BCUT2D eigenvalue weighted by Crippen LogP contribution is -2.51. The Morgan fingerprint density at radius 1 is 1.17 bits per heavy atom. The number of benzene rings is 1. The van der Waals surface area contributed by atoms with E-state index >= 15 is 4.39 Å². The lowest BCUT2D eigenvalue weighted by molar-refractivity contribution is -0.137. The lowest BCUT2D eigenvalue weighted by atomic mass is 9.95. The molecular formula is C28H28F5N7O. The van der Waals surface area contributed by atoms with Gasteiger partial charge >= 0.3 is 12.2 Å². The highest BCUT2D eigenvalue weighted by Gasteiger charge is 2.49. The molecule has 0 bridgehead atoms. The summed E-state index contributed by atoms with van der Waals surface area (Å²) < 4.78 is 77.8. The number of anilines is 1. The largest absolute Gasteiger partial charge is 0.461 e. The Kier molecular flexibility index (Phi) is 7.15. The van der Waals surface area contributed by atoms with Crippen LogP contribution >= 0.6 is 0 Å². The molecule has 2 aromatic heterocycles. The standard InChI is InChI=1S/C28H28F5N7O/c29-17-12-27(7-3-10-40(27)14-17)16-41-26-37-24-20(25(38-26)39-11-9-35-18(15-39)6-8-34)13-36-23(22(24)30)19-4-1-2-5-21(19)28(31,32)33/h1-2,4-5,13,17-18,35H,3,6-7,9-12,14-16H2/t17?,18?,27-/m0/s1. The zero-order valence-electron chi connectivity index (χ0n) is 22.1. The van der Waals surface area contributed by atoms with Crippen molar-refractivity contribution in [2.24, 2.45) is 0 Å². The van der Waals surface area contributed by atoms with E-state index in [1.54, 1.807) is 0 Å². The van der Waals surface area contributed by atoms with E-state index in [4.69, 9.17) is 4.74 Å². The zero-order chi connectivity index (χ0) is 28.8. The molecule has 0 saturated carbocycles. The highest BCUT2D eigenvalue weighted by Crippen LogP contribution is 2.41. The van der Waals surface area contributed by atoms with Crippen molar-refractivity contribution in [3.63, 3.8) is 0 Å². The second-order valence-electron chi connectivity index (χ2n) is 10.9. The van der Waals surface area contributed by atoms with E-state index in [9.17, 15) is 22.8 Å². The first-order valence-electron chi connectivity index (χ1n) is 13.6. The Labute approximate surface area is 233 Å². The van der Waals surface area contributed by atoms with Gasteiger partial charge in [0.05, 0.1) is 29.0 Å². The molecule has 0 radical (unpaired) electrons. The lowest BCUT2D eigenvalue weighted by Gasteiger charge is -2.34. The Morgan fingerprint density at radius 3 is 2.80 bits per heavy atom. The van der Waals surface area contributed by atoms with Crippen LogP contribution in [-0.4, -0.2) is 76.9 Å². The van der Waals surface area contributed by atoms with Gasteiger partial charge in [-0.15, -0.1) is 0 Å². The van der Waals surface area contributed by atoms with Crippen molar-refractivity contribution in [3.8, 4) is 23.3 Å². The molecular weight excluding hydrogens is 545 g/mol. The predicted molar refractivity (Wildman–Crippen MR) is 141 cm³/mol. The van der Waals surface area contributed by atoms with E-state index in [1.807, 2.05) is 4.90 Å². The van der Waals surface area contributed by atoms with Crippen molar-refractivity contribution in [1.29, 1.82) is 5.26 Å². The van der Waals surface area contributed by atoms with Crippen LogP contribution in [0, 0.1) is 17.1 Å². The molecule has 3 saturated heterocycles. The zero-order valence-corrected chi connectivity index (χ0v) is 22.1. The number of piperazine rings is 1. The summed E-state index contributed by atoms with van der Waals surface area (Å²) in [5.74, 6) is -0.714. The quantitative estimate of drug-likeness (QED) is 0.432. The van der Waals surface area contributed by atoms with Gasteiger partial charge in [0.2, 0.25) is 0 Å². The van der Waals surface area contributed by atoms with Crippen LogP contribution < -0.4 is 15.0 Å². The molecule has 3 aliphatic rings. The third-order valence-corrected chi connectivity index (χ3v) is 8.25. The molecule has 3 aliphatic heterocycles. The number of rotatable bonds is 6. The van der Waals surface area contributed by atoms with Crippen molar-refractivity contribution in [2.75, 3.05) is 44.2 Å². The minimum absolute atomic E-state index is 0.105. The van der Waals surface area contributed by atoms with E-state index in [0.29, 0.717) is 38.4 Å². The molecule has 41 heavy (non-hydrogen) atoms. The van der Waals surface area contributed by atoms with Crippen LogP contribution in [0.5, 0.6) is 6.01 Å². The van der Waals surface area contributed by atoms with Gasteiger partial charge in [0.1, 0.15) is 29.8 Å². The third kappa shape index (κ3) is 5.15. The number of fused-ring (bicyclic) bond motifs is 2. The second-order valence-corrected chi connectivity index (χ2v) is 10.9. The third-order valence-electron chi connectivity index (χ3n) is 8.25. The minimum atomic E-state index is -4.72. The summed E-state index contributed by atoms with van der Waals surface area (Å²) in [7, 11) is 0.